The second-order valence-electron chi connectivity index (χ2n) is 6.62. The SMILES string of the molecule is CCC(=O)CC1COCc2c(-c3ccc4ncn(C)c4c3)cncc21. The molecule has 0 radical (unpaired) electrons. The summed E-state index contributed by atoms with van der Waals surface area (Å²) in [6.07, 6.45) is 6.70. The highest BCUT2D eigenvalue weighted by atomic mass is 16.5. The Balaban J connectivity index is 1.79. The van der Waals surface area contributed by atoms with Gasteiger partial charge >= 0.3 is 0 Å². The van der Waals surface area contributed by atoms with Crippen molar-refractivity contribution in [1.82, 2.24) is 14.5 Å². The number of imidazole rings is 1. The van der Waals surface area contributed by atoms with Gasteiger partial charge in [0.25, 0.3) is 0 Å². The minimum atomic E-state index is 0.101. The monoisotopic (exact) mass is 335 g/mol. The Hall–Kier alpha value is -2.53. The summed E-state index contributed by atoms with van der Waals surface area (Å²) in [4.78, 5) is 20.8. The number of hydrogen-bond donors (Lipinski definition) is 0. The first-order chi connectivity index (χ1) is 12.2. The van der Waals surface area contributed by atoms with Crippen LogP contribution in [0.15, 0.2) is 36.9 Å². The third kappa shape index (κ3) is 2.85. The van der Waals surface area contributed by atoms with Crippen LogP contribution >= 0.6 is 0 Å². The Morgan fingerprint density at radius 1 is 1.36 bits per heavy atom. The van der Waals surface area contributed by atoms with E-state index < -0.39 is 0 Å². The van der Waals surface area contributed by atoms with E-state index in [-0.39, 0.29) is 11.7 Å². The molecule has 0 N–H and O–H groups in total. The van der Waals surface area contributed by atoms with Gasteiger partial charge in [-0.15, -0.1) is 0 Å². The molecule has 2 aromatic heterocycles. The number of rotatable bonds is 4. The summed E-state index contributed by atoms with van der Waals surface area (Å²) < 4.78 is 7.83. The van der Waals surface area contributed by atoms with Crippen molar-refractivity contribution in [3.05, 3.63) is 48.0 Å². The molecule has 0 bridgehead atoms. The highest BCUT2D eigenvalue weighted by Gasteiger charge is 2.25. The molecule has 25 heavy (non-hydrogen) atoms. The first-order valence-electron chi connectivity index (χ1n) is 8.65. The largest absolute Gasteiger partial charge is 0.376 e. The van der Waals surface area contributed by atoms with E-state index >= 15 is 0 Å². The van der Waals surface area contributed by atoms with Crippen LogP contribution in [0.25, 0.3) is 22.2 Å². The lowest BCUT2D eigenvalue weighted by Gasteiger charge is -2.26. The lowest BCUT2D eigenvalue weighted by molar-refractivity contribution is -0.119. The molecule has 5 nitrogen and oxygen atoms in total. The van der Waals surface area contributed by atoms with Crippen molar-refractivity contribution < 1.29 is 9.53 Å². The van der Waals surface area contributed by atoms with Crippen molar-refractivity contribution in [1.29, 1.82) is 0 Å². The zero-order valence-corrected chi connectivity index (χ0v) is 14.5. The van der Waals surface area contributed by atoms with Crippen LogP contribution in [0.5, 0.6) is 0 Å². The number of carbonyl (C=O) groups excluding carboxylic acids is 1. The van der Waals surface area contributed by atoms with E-state index in [2.05, 4.69) is 22.1 Å². The molecule has 1 unspecified atom stereocenters. The second-order valence-corrected chi connectivity index (χ2v) is 6.62. The van der Waals surface area contributed by atoms with E-state index in [0.29, 0.717) is 26.1 Å². The van der Waals surface area contributed by atoms with Crippen molar-refractivity contribution in [3.63, 3.8) is 0 Å². The van der Waals surface area contributed by atoms with Gasteiger partial charge in [0.2, 0.25) is 0 Å². The number of pyridine rings is 1. The van der Waals surface area contributed by atoms with Gasteiger partial charge in [0.1, 0.15) is 5.78 Å². The summed E-state index contributed by atoms with van der Waals surface area (Å²) in [6, 6.07) is 6.25. The summed E-state index contributed by atoms with van der Waals surface area (Å²) in [5.41, 5.74) is 6.55. The number of ketones is 1. The van der Waals surface area contributed by atoms with Gasteiger partial charge in [-0.1, -0.05) is 13.0 Å². The van der Waals surface area contributed by atoms with Crippen LogP contribution in [0.3, 0.4) is 0 Å². The van der Waals surface area contributed by atoms with Gasteiger partial charge in [-0.25, -0.2) is 4.98 Å². The van der Waals surface area contributed by atoms with E-state index in [1.165, 1.54) is 0 Å². The molecule has 128 valence electrons. The van der Waals surface area contributed by atoms with Crippen LogP contribution in [0.2, 0.25) is 0 Å². The smallest absolute Gasteiger partial charge is 0.133 e. The first kappa shape index (κ1) is 16.0. The van der Waals surface area contributed by atoms with Gasteiger partial charge in [0, 0.05) is 43.8 Å². The Morgan fingerprint density at radius 3 is 3.08 bits per heavy atom. The van der Waals surface area contributed by atoms with Gasteiger partial charge in [-0.2, -0.15) is 0 Å². The van der Waals surface area contributed by atoms with E-state index in [4.69, 9.17) is 4.74 Å². The molecule has 3 heterocycles. The Labute approximate surface area is 146 Å². The molecule has 1 atom stereocenters. The van der Waals surface area contributed by atoms with E-state index in [1.54, 1.807) is 0 Å². The van der Waals surface area contributed by atoms with E-state index in [0.717, 1.165) is 33.3 Å². The number of fused-ring (bicyclic) bond motifs is 2. The number of hydrogen-bond acceptors (Lipinski definition) is 4. The second kappa shape index (κ2) is 6.41. The Morgan fingerprint density at radius 2 is 2.24 bits per heavy atom. The molecule has 5 heteroatoms. The standard InChI is InChI=1S/C20H21N3O2/c1-3-15(24)6-14-10-25-11-18-16(8-21-9-17(14)18)13-4-5-19-20(7-13)23(2)12-22-19/h4-5,7-9,12,14H,3,6,10-11H2,1-2H3. The highest BCUT2D eigenvalue weighted by Crippen LogP contribution is 2.36. The minimum Gasteiger partial charge on any atom is -0.376 e. The van der Waals surface area contributed by atoms with Gasteiger partial charge in [0.15, 0.2) is 0 Å². The maximum Gasteiger partial charge on any atom is 0.133 e. The van der Waals surface area contributed by atoms with Gasteiger partial charge in [-0.05, 0) is 28.8 Å². The predicted octanol–water partition coefficient (Wildman–Crippen LogP) is 3.62. The molecule has 0 saturated heterocycles. The maximum absolute atomic E-state index is 11.9. The third-order valence-electron chi connectivity index (χ3n) is 5.00. The molecule has 4 rings (SSSR count). The Kier molecular flexibility index (Phi) is 4.09. The molecule has 0 spiro atoms. The molecule has 1 aromatic carbocycles. The third-order valence-corrected chi connectivity index (χ3v) is 5.00. The average molecular weight is 335 g/mol. The van der Waals surface area contributed by atoms with Gasteiger partial charge in [-0.3, -0.25) is 9.78 Å². The lowest BCUT2D eigenvalue weighted by atomic mass is 9.86. The summed E-state index contributed by atoms with van der Waals surface area (Å²) in [5.74, 6) is 0.368. The van der Waals surface area contributed by atoms with Gasteiger partial charge < -0.3 is 9.30 Å². The Bertz CT molecular complexity index is 945. The molecular weight excluding hydrogens is 314 g/mol. The first-order valence-corrected chi connectivity index (χ1v) is 8.65. The van der Waals surface area contributed by atoms with Crippen molar-refractivity contribution >= 4 is 16.8 Å². The maximum atomic E-state index is 11.9. The highest BCUT2D eigenvalue weighted by molar-refractivity contribution is 5.83. The van der Waals surface area contributed by atoms with E-state index in [1.807, 2.05) is 43.3 Å². The molecular formula is C20H21N3O2. The van der Waals surface area contributed by atoms with Crippen molar-refractivity contribution in [2.24, 2.45) is 7.05 Å². The van der Waals surface area contributed by atoms with Crippen molar-refractivity contribution in [2.75, 3.05) is 6.61 Å². The number of aryl methyl sites for hydroxylation is 1. The summed E-state index contributed by atoms with van der Waals surface area (Å²) in [7, 11) is 1.99. The molecule has 3 aromatic rings. The van der Waals surface area contributed by atoms with Crippen molar-refractivity contribution in [3.8, 4) is 11.1 Å². The average Bonchev–Trinajstić information content (AvgIpc) is 3.02. The molecule has 0 saturated carbocycles. The predicted molar refractivity (Wildman–Crippen MR) is 96.3 cm³/mol. The van der Waals surface area contributed by atoms with Crippen LogP contribution in [-0.4, -0.2) is 26.9 Å². The van der Waals surface area contributed by atoms with E-state index in [9.17, 15) is 4.79 Å². The molecule has 0 aliphatic carbocycles. The topological polar surface area (TPSA) is 57.0 Å². The van der Waals surface area contributed by atoms with Crippen LogP contribution in [0.1, 0.15) is 36.8 Å². The van der Waals surface area contributed by atoms with Crippen LogP contribution in [0, 0.1) is 0 Å². The normalized spacial score (nSPS) is 16.8. The fraction of sp³-hybridized carbons (Fsp3) is 0.350. The summed E-state index contributed by atoms with van der Waals surface area (Å²) in [5, 5.41) is 0. The van der Waals surface area contributed by atoms with Crippen LogP contribution < -0.4 is 0 Å². The fourth-order valence-electron chi connectivity index (χ4n) is 3.54. The number of benzene rings is 1. The lowest BCUT2D eigenvalue weighted by Crippen LogP contribution is -2.20. The van der Waals surface area contributed by atoms with Crippen LogP contribution in [-0.2, 0) is 23.2 Å². The summed E-state index contributed by atoms with van der Waals surface area (Å²) >= 11 is 0. The molecule has 0 fully saturated rings. The quantitative estimate of drug-likeness (QED) is 0.731. The number of nitrogens with zero attached hydrogens (tertiary/aromatic N) is 3. The number of ether oxygens (including phenoxy) is 1. The zero-order valence-electron chi connectivity index (χ0n) is 14.5. The molecule has 1 aliphatic rings. The van der Waals surface area contributed by atoms with Crippen molar-refractivity contribution in [2.45, 2.75) is 32.3 Å². The number of Topliss-reactive ketones (excluding diaryl/α,β-unsaturated/α-hetero) is 1. The molecule has 0 amide bonds. The van der Waals surface area contributed by atoms with Crippen LogP contribution in [0.4, 0.5) is 0 Å². The number of aromatic nitrogens is 3. The fourth-order valence-corrected chi connectivity index (χ4v) is 3.54. The summed E-state index contributed by atoms with van der Waals surface area (Å²) in [6.45, 7) is 3.06. The zero-order chi connectivity index (χ0) is 17.4. The minimum absolute atomic E-state index is 0.101. The number of carbonyl (C=O) groups is 1. The van der Waals surface area contributed by atoms with Gasteiger partial charge in [0.05, 0.1) is 30.6 Å². The molecule has 1 aliphatic heterocycles.